The van der Waals surface area contributed by atoms with Crippen LogP contribution >= 0.6 is 15.9 Å². The molecule has 1 fully saturated rings. The molecule has 2 N–H and O–H groups in total. The molecule has 2 rings (SSSR count). The van der Waals surface area contributed by atoms with Crippen LogP contribution in [0.5, 0.6) is 0 Å². The van der Waals surface area contributed by atoms with Crippen molar-refractivity contribution < 1.29 is 9.90 Å². The van der Waals surface area contributed by atoms with E-state index in [1.165, 1.54) is 0 Å². The number of halogens is 1. The van der Waals surface area contributed by atoms with E-state index in [-0.39, 0.29) is 11.6 Å². The van der Waals surface area contributed by atoms with Crippen LogP contribution in [-0.2, 0) is 0 Å². The first-order valence-corrected chi connectivity index (χ1v) is 5.66. The molecule has 1 atom stereocenters. The molecule has 1 aliphatic rings. The normalized spacial score (nSPS) is 21.5. The predicted octanol–water partition coefficient (Wildman–Crippen LogP) is 1.27. The third-order valence-electron chi connectivity index (χ3n) is 2.56. The molecule has 0 spiro atoms. The zero-order valence-electron chi connectivity index (χ0n) is 8.11. The fourth-order valence-corrected chi connectivity index (χ4v) is 2.21. The van der Waals surface area contributed by atoms with Gasteiger partial charge in [0.25, 0.3) is 0 Å². The Morgan fingerprint density at radius 2 is 2.53 bits per heavy atom. The minimum atomic E-state index is -0.947. The first kappa shape index (κ1) is 10.6. The Bertz CT molecular complexity index is 371. The number of nitrogens with zero attached hydrogens (tertiary/aromatic N) is 2. The predicted molar refractivity (Wildman–Crippen MR) is 58.0 cm³/mol. The first-order chi connectivity index (χ1) is 7.18. The van der Waals surface area contributed by atoms with Crippen molar-refractivity contribution in [2.75, 3.05) is 13.1 Å². The first-order valence-electron chi connectivity index (χ1n) is 4.87. The minimum Gasteiger partial charge on any atom is -0.478 e. The molecule has 0 bridgehead atoms. The van der Waals surface area contributed by atoms with Crippen molar-refractivity contribution in [3.8, 4) is 0 Å². The maximum absolute atomic E-state index is 10.8. The monoisotopic (exact) mass is 273 g/mol. The van der Waals surface area contributed by atoms with Crippen LogP contribution in [0.2, 0.25) is 0 Å². The number of aromatic nitrogens is 2. The maximum atomic E-state index is 10.8. The molecule has 82 valence electrons. The lowest BCUT2D eigenvalue weighted by atomic mass is 10.1. The standard InChI is InChI=1S/C9H12BrN3O2/c10-8-7(9(14)15)5-13(12-8)6-2-1-3-11-4-6/h5-6,11H,1-4H2,(H,14,15). The van der Waals surface area contributed by atoms with Crippen molar-refractivity contribution in [3.05, 3.63) is 16.4 Å². The summed E-state index contributed by atoms with van der Waals surface area (Å²) in [6.45, 7) is 1.89. The molecule has 0 radical (unpaired) electrons. The fourth-order valence-electron chi connectivity index (χ4n) is 1.76. The van der Waals surface area contributed by atoms with Crippen molar-refractivity contribution in [2.24, 2.45) is 0 Å². The molecule has 0 aliphatic carbocycles. The van der Waals surface area contributed by atoms with Crippen LogP contribution in [0.3, 0.4) is 0 Å². The van der Waals surface area contributed by atoms with Gasteiger partial charge in [-0.25, -0.2) is 4.79 Å². The second-order valence-corrected chi connectivity index (χ2v) is 4.37. The van der Waals surface area contributed by atoms with E-state index in [9.17, 15) is 4.79 Å². The van der Waals surface area contributed by atoms with E-state index >= 15 is 0 Å². The Balaban J connectivity index is 2.21. The Morgan fingerprint density at radius 3 is 3.07 bits per heavy atom. The SMILES string of the molecule is O=C(O)c1cn(C2CCCNC2)nc1Br. The van der Waals surface area contributed by atoms with Gasteiger partial charge in [0.2, 0.25) is 0 Å². The highest BCUT2D eigenvalue weighted by Crippen LogP contribution is 2.21. The summed E-state index contributed by atoms with van der Waals surface area (Å²) in [7, 11) is 0. The van der Waals surface area contributed by atoms with Gasteiger partial charge in [-0.05, 0) is 35.3 Å². The van der Waals surface area contributed by atoms with Gasteiger partial charge in [0, 0.05) is 12.7 Å². The molecule has 1 saturated heterocycles. The van der Waals surface area contributed by atoms with Gasteiger partial charge in [0.15, 0.2) is 0 Å². The summed E-state index contributed by atoms with van der Waals surface area (Å²) in [5, 5.41) is 16.3. The number of carboxylic acids is 1. The number of aromatic carboxylic acids is 1. The quantitative estimate of drug-likeness (QED) is 0.852. The second-order valence-electron chi connectivity index (χ2n) is 3.62. The minimum absolute atomic E-state index is 0.223. The van der Waals surface area contributed by atoms with Gasteiger partial charge in [-0.2, -0.15) is 5.10 Å². The van der Waals surface area contributed by atoms with Gasteiger partial charge < -0.3 is 10.4 Å². The lowest BCUT2D eigenvalue weighted by Crippen LogP contribution is -2.31. The van der Waals surface area contributed by atoms with Gasteiger partial charge in [0.1, 0.15) is 10.2 Å². The van der Waals surface area contributed by atoms with Gasteiger partial charge in [-0.3, -0.25) is 4.68 Å². The van der Waals surface area contributed by atoms with Gasteiger partial charge in [-0.1, -0.05) is 0 Å². The van der Waals surface area contributed by atoms with Crippen molar-refractivity contribution in [1.29, 1.82) is 0 Å². The molecule has 1 aliphatic heterocycles. The third-order valence-corrected chi connectivity index (χ3v) is 3.15. The summed E-state index contributed by atoms with van der Waals surface area (Å²) in [5.74, 6) is -0.947. The molecular formula is C9H12BrN3O2. The van der Waals surface area contributed by atoms with Crippen molar-refractivity contribution in [1.82, 2.24) is 15.1 Å². The van der Waals surface area contributed by atoms with Crippen LogP contribution in [0.1, 0.15) is 29.2 Å². The van der Waals surface area contributed by atoms with Gasteiger partial charge in [0.05, 0.1) is 6.04 Å². The van der Waals surface area contributed by atoms with E-state index in [0.717, 1.165) is 25.9 Å². The van der Waals surface area contributed by atoms with Crippen LogP contribution in [-0.4, -0.2) is 33.9 Å². The van der Waals surface area contributed by atoms with Crippen molar-refractivity contribution in [2.45, 2.75) is 18.9 Å². The highest BCUT2D eigenvalue weighted by atomic mass is 79.9. The molecular weight excluding hydrogens is 262 g/mol. The summed E-state index contributed by atoms with van der Waals surface area (Å²) in [4.78, 5) is 10.8. The van der Waals surface area contributed by atoms with E-state index in [2.05, 4.69) is 26.3 Å². The Labute approximate surface area is 95.6 Å². The number of carboxylic acid groups (broad SMARTS) is 1. The molecule has 15 heavy (non-hydrogen) atoms. The van der Waals surface area contributed by atoms with E-state index in [1.807, 2.05) is 0 Å². The molecule has 1 unspecified atom stereocenters. The molecule has 1 aromatic rings. The Hall–Kier alpha value is -0.880. The topological polar surface area (TPSA) is 67.2 Å². The molecule has 6 heteroatoms. The van der Waals surface area contributed by atoms with Crippen LogP contribution in [0.4, 0.5) is 0 Å². The molecule has 5 nitrogen and oxygen atoms in total. The zero-order valence-corrected chi connectivity index (χ0v) is 9.70. The lowest BCUT2D eigenvalue weighted by Gasteiger charge is -2.22. The maximum Gasteiger partial charge on any atom is 0.340 e. The summed E-state index contributed by atoms with van der Waals surface area (Å²) in [5.41, 5.74) is 0.223. The molecule has 0 aromatic carbocycles. The van der Waals surface area contributed by atoms with E-state index in [4.69, 9.17) is 5.11 Å². The Morgan fingerprint density at radius 1 is 1.73 bits per heavy atom. The summed E-state index contributed by atoms with van der Waals surface area (Å²) >= 11 is 3.15. The molecule has 0 amide bonds. The van der Waals surface area contributed by atoms with Gasteiger partial charge in [-0.15, -0.1) is 0 Å². The van der Waals surface area contributed by atoms with E-state index in [1.54, 1.807) is 10.9 Å². The molecule has 2 heterocycles. The zero-order chi connectivity index (χ0) is 10.8. The number of piperidine rings is 1. The number of nitrogens with one attached hydrogen (secondary N) is 1. The molecule has 1 aromatic heterocycles. The van der Waals surface area contributed by atoms with Crippen molar-refractivity contribution >= 4 is 21.9 Å². The van der Waals surface area contributed by atoms with Gasteiger partial charge >= 0.3 is 5.97 Å². The van der Waals surface area contributed by atoms with Crippen LogP contribution in [0.25, 0.3) is 0 Å². The van der Waals surface area contributed by atoms with Crippen molar-refractivity contribution in [3.63, 3.8) is 0 Å². The summed E-state index contributed by atoms with van der Waals surface area (Å²) in [6.07, 6.45) is 3.73. The average molecular weight is 274 g/mol. The highest BCUT2D eigenvalue weighted by Gasteiger charge is 2.19. The number of hydrogen-bond acceptors (Lipinski definition) is 3. The second kappa shape index (κ2) is 4.32. The summed E-state index contributed by atoms with van der Waals surface area (Å²) < 4.78 is 2.14. The number of carbonyl (C=O) groups is 1. The summed E-state index contributed by atoms with van der Waals surface area (Å²) in [6, 6.07) is 0.267. The largest absolute Gasteiger partial charge is 0.478 e. The van der Waals surface area contributed by atoms with Crippen LogP contribution < -0.4 is 5.32 Å². The molecule has 0 saturated carbocycles. The highest BCUT2D eigenvalue weighted by molar-refractivity contribution is 9.10. The van der Waals surface area contributed by atoms with Crippen LogP contribution in [0, 0.1) is 0 Å². The number of hydrogen-bond donors (Lipinski definition) is 2. The third kappa shape index (κ3) is 2.21. The van der Waals surface area contributed by atoms with Crippen LogP contribution in [0.15, 0.2) is 10.8 Å². The van der Waals surface area contributed by atoms with E-state index < -0.39 is 5.97 Å². The smallest absolute Gasteiger partial charge is 0.340 e. The lowest BCUT2D eigenvalue weighted by molar-refractivity contribution is 0.0695. The number of rotatable bonds is 2. The average Bonchev–Trinajstić information content (AvgIpc) is 2.62. The fraction of sp³-hybridized carbons (Fsp3) is 0.556. The Kier molecular flexibility index (Phi) is 3.06. The van der Waals surface area contributed by atoms with E-state index in [0.29, 0.717) is 4.60 Å².